The smallest absolute Gasteiger partial charge is 0.308 e. The first kappa shape index (κ1) is 12.1. The van der Waals surface area contributed by atoms with Crippen molar-refractivity contribution in [1.29, 1.82) is 0 Å². The highest BCUT2D eigenvalue weighted by Gasteiger charge is 2.27. The molecular weight excluding hydrogens is 253 g/mol. The van der Waals surface area contributed by atoms with Gasteiger partial charge < -0.3 is 5.43 Å². The van der Waals surface area contributed by atoms with Crippen molar-refractivity contribution in [3.8, 4) is 0 Å². The Kier molecular flexibility index (Phi) is 3.16. The standard InChI is InChI=1S/C9H9F3N4S/c10-9(11,12)3-1-6-14-7(16-13)5-2-4-17-8(5)15-6/h2,4H,1,3,13H2,(H,14,15,16). The van der Waals surface area contributed by atoms with Gasteiger partial charge in [-0.1, -0.05) is 0 Å². The van der Waals surface area contributed by atoms with E-state index < -0.39 is 12.6 Å². The third-order valence-corrected chi connectivity index (χ3v) is 2.95. The number of hydrogen-bond acceptors (Lipinski definition) is 5. The number of aryl methyl sites for hydroxylation is 1. The van der Waals surface area contributed by atoms with Gasteiger partial charge in [0.25, 0.3) is 0 Å². The number of nitrogens with one attached hydrogen (secondary N) is 1. The van der Waals surface area contributed by atoms with Gasteiger partial charge in [-0.05, 0) is 11.4 Å². The zero-order valence-corrected chi connectivity index (χ0v) is 9.40. The Hall–Kier alpha value is -1.41. The fraction of sp³-hybridized carbons (Fsp3) is 0.333. The summed E-state index contributed by atoms with van der Waals surface area (Å²) in [5.74, 6) is 5.77. The van der Waals surface area contributed by atoms with E-state index in [9.17, 15) is 13.2 Å². The second-order valence-electron chi connectivity index (χ2n) is 3.39. The number of alkyl halides is 3. The topological polar surface area (TPSA) is 63.8 Å². The predicted molar refractivity (Wildman–Crippen MR) is 59.6 cm³/mol. The number of rotatable bonds is 3. The fourth-order valence-electron chi connectivity index (χ4n) is 1.37. The molecule has 0 saturated carbocycles. The summed E-state index contributed by atoms with van der Waals surface area (Å²) < 4.78 is 36.3. The third-order valence-electron chi connectivity index (χ3n) is 2.14. The Labute approximate surface area is 98.6 Å². The van der Waals surface area contributed by atoms with Crippen molar-refractivity contribution < 1.29 is 13.2 Å². The Morgan fingerprint density at radius 3 is 2.76 bits per heavy atom. The van der Waals surface area contributed by atoms with E-state index in [2.05, 4.69) is 15.4 Å². The largest absolute Gasteiger partial charge is 0.389 e. The van der Waals surface area contributed by atoms with Crippen LogP contribution in [0.2, 0.25) is 0 Å². The average molecular weight is 262 g/mol. The van der Waals surface area contributed by atoms with Crippen molar-refractivity contribution in [2.45, 2.75) is 19.0 Å². The lowest BCUT2D eigenvalue weighted by Gasteiger charge is -2.07. The number of hydrazine groups is 1. The number of fused-ring (bicyclic) bond motifs is 1. The highest BCUT2D eigenvalue weighted by Crippen LogP contribution is 2.26. The molecule has 0 fully saturated rings. The van der Waals surface area contributed by atoms with Crippen LogP contribution in [-0.4, -0.2) is 16.1 Å². The molecule has 0 amide bonds. The highest BCUT2D eigenvalue weighted by atomic mass is 32.1. The van der Waals surface area contributed by atoms with Gasteiger partial charge in [0, 0.05) is 6.42 Å². The maximum Gasteiger partial charge on any atom is 0.389 e. The normalized spacial score (nSPS) is 12.0. The number of nitrogens with zero attached hydrogens (tertiary/aromatic N) is 2. The van der Waals surface area contributed by atoms with E-state index in [1.165, 1.54) is 11.3 Å². The second-order valence-corrected chi connectivity index (χ2v) is 4.28. The molecule has 17 heavy (non-hydrogen) atoms. The van der Waals surface area contributed by atoms with Gasteiger partial charge in [-0.3, -0.25) is 0 Å². The summed E-state index contributed by atoms with van der Waals surface area (Å²) in [5, 5.41) is 2.50. The molecule has 0 saturated heterocycles. The molecule has 0 spiro atoms. The number of aromatic nitrogens is 2. The zero-order valence-electron chi connectivity index (χ0n) is 8.58. The zero-order chi connectivity index (χ0) is 12.5. The van der Waals surface area contributed by atoms with Crippen LogP contribution in [0, 0.1) is 0 Å². The molecule has 0 radical (unpaired) electrons. The summed E-state index contributed by atoms with van der Waals surface area (Å²) in [7, 11) is 0. The number of hydrogen-bond donors (Lipinski definition) is 2. The van der Waals surface area contributed by atoms with Crippen LogP contribution in [0.5, 0.6) is 0 Å². The summed E-state index contributed by atoms with van der Waals surface area (Å²) in [6.07, 6.45) is -5.38. The third kappa shape index (κ3) is 2.83. The van der Waals surface area contributed by atoms with E-state index in [-0.39, 0.29) is 12.2 Å². The van der Waals surface area contributed by atoms with Gasteiger partial charge in [0.2, 0.25) is 0 Å². The first-order chi connectivity index (χ1) is 7.99. The van der Waals surface area contributed by atoms with Gasteiger partial charge in [0.05, 0.1) is 11.8 Å². The van der Waals surface area contributed by atoms with Crippen LogP contribution in [0.25, 0.3) is 10.2 Å². The van der Waals surface area contributed by atoms with Crippen LogP contribution in [-0.2, 0) is 6.42 Å². The molecule has 0 aliphatic heterocycles. The Balaban J connectivity index is 2.29. The van der Waals surface area contributed by atoms with Gasteiger partial charge in [-0.2, -0.15) is 13.2 Å². The van der Waals surface area contributed by atoms with E-state index in [1.807, 2.05) is 0 Å². The van der Waals surface area contributed by atoms with Crippen molar-refractivity contribution >= 4 is 27.4 Å². The maximum atomic E-state index is 12.1. The molecule has 2 heterocycles. The number of nitrogens with two attached hydrogens (primary N) is 1. The number of anilines is 1. The van der Waals surface area contributed by atoms with E-state index in [1.54, 1.807) is 11.4 Å². The molecule has 2 rings (SSSR count). The quantitative estimate of drug-likeness (QED) is 0.659. The molecule has 0 atom stereocenters. The molecular formula is C9H9F3N4S. The lowest BCUT2D eigenvalue weighted by atomic mass is 10.3. The summed E-state index contributed by atoms with van der Waals surface area (Å²) >= 11 is 1.34. The molecule has 0 aromatic carbocycles. The monoisotopic (exact) mass is 262 g/mol. The van der Waals surface area contributed by atoms with Gasteiger partial charge in [0.1, 0.15) is 10.7 Å². The average Bonchev–Trinajstić information content (AvgIpc) is 2.72. The number of thiophene rings is 1. The van der Waals surface area contributed by atoms with Crippen LogP contribution in [0.1, 0.15) is 12.2 Å². The fourth-order valence-corrected chi connectivity index (χ4v) is 2.16. The first-order valence-electron chi connectivity index (χ1n) is 4.77. The minimum atomic E-state index is -4.20. The molecule has 2 aromatic heterocycles. The molecule has 0 aliphatic carbocycles. The van der Waals surface area contributed by atoms with Gasteiger partial charge in [-0.15, -0.1) is 11.3 Å². The Morgan fingerprint density at radius 2 is 2.12 bits per heavy atom. The van der Waals surface area contributed by atoms with Crippen LogP contribution < -0.4 is 11.3 Å². The Bertz CT molecular complexity index is 522. The summed E-state index contributed by atoms with van der Waals surface area (Å²) in [4.78, 5) is 8.64. The van der Waals surface area contributed by atoms with Crippen molar-refractivity contribution in [3.63, 3.8) is 0 Å². The molecule has 8 heteroatoms. The van der Waals surface area contributed by atoms with Crippen LogP contribution in [0.15, 0.2) is 11.4 Å². The van der Waals surface area contributed by atoms with Crippen molar-refractivity contribution in [2.24, 2.45) is 5.84 Å². The number of halogens is 3. The van der Waals surface area contributed by atoms with E-state index in [0.717, 1.165) is 0 Å². The lowest BCUT2D eigenvalue weighted by molar-refractivity contribution is -0.134. The molecule has 0 unspecified atom stereocenters. The maximum absolute atomic E-state index is 12.1. The summed E-state index contributed by atoms with van der Waals surface area (Å²) in [6.45, 7) is 0. The molecule has 4 nitrogen and oxygen atoms in total. The van der Waals surface area contributed by atoms with Gasteiger partial charge in [-0.25, -0.2) is 15.8 Å². The molecule has 92 valence electrons. The molecule has 0 aliphatic rings. The molecule has 2 aromatic rings. The molecule has 0 bridgehead atoms. The lowest BCUT2D eigenvalue weighted by Crippen LogP contribution is -2.13. The minimum Gasteiger partial charge on any atom is -0.308 e. The summed E-state index contributed by atoms with van der Waals surface area (Å²) in [6, 6.07) is 1.77. The van der Waals surface area contributed by atoms with Crippen molar-refractivity contribution in [3.05, 3.63) is 17.3 Å². The predicted octanol–water partition coefficient (Wildman–Crippen LogP) is 2.47. The van der Waals surface area contributed by atoms with E-state index >= 15 is 0 Å². The highest BCUT2D eigenvalue weighted by molar-refractivity contribution is 7.16. The van der Waals surface area contributed by atoms with Crippen molar-refractivity contribution in [1.82, 2.24) is 9.97 Å². The van der Waals surface area contributed by atoms with E-state index in [0.29, 0.717) is 16.0 Å². The minimum absolute atomic E-state index is 0.144. The molecule has 3 N–H and O–H groups in total. The van der Waals surface area contributed by atoms with Crippen LogP contribution in [0.4, 0.5) is 19.0 Å². The van der Waals surface area contributed by atoms with Crippen molar-refractivity contribution in [2.75, 3.05) is 5.43 Å². The first-order valence-corrected chi connectivity index (χ1v) is 5.65. The SMILES string of the molecule is NNc1nc(CCC(F)(F)F)nc2sccc12. The number of nitrogen functional groups attached to an aromatic ring is 1. The van der Waals surface area contributed by atoms with E-state index in [4.69, 9.17) is 5.84 Å². The van der Waals surface area contributed by atoms with Gasteiger partial charge >= 0.3 is 6.18 Å². The summed E-state index contributed by atoms with van der Waals surface area (Å²) in [5.41, 5.74) is 2.37. The Morgan fingerprint density at radius 1 is 1.35 bits per heavy atom. The van der Waals surface area contributed by atoms with Crippen LogP contribution >= 0.6 is 11.3 Å². The van der Waals surface area contributed by atoms with Gasteiger partial charge in [0.15, 0.2) is 5.82 Å². The van der Waals surface area contributed by atoms with Crippen LogP contribution in [0.3, 0.4) is 0 Å². The second kappa shape index (κ2) is 4.46.